The van der Waals surface area contributed by atoms with E-state index in [9.17, 15) is 9.59 Å². The van der Waals surface area contributed by atoms with Gasteiger partial charge in [-0.3, -0.25) is 4.79 Å². The van der Waals surface area contributed by atoms with Crippen molar-refractivity contribution in [2.75, 3.05) is 0 Å². The van der Waals surface area contributed by atoms with Crippen LogP contribution >= 0.6 is 0 Å². The van der Waals surface area contributed by atoms with Gasteiger partial charge in [0.25, 0.3) is 0 Å². The number of ether oxygens (including phenoxy) is 1. The molecule has 0 aliphatic carbocycles. The molecule has 0 unspecified atom stereocenters. The fraction of sp³-hybridized carbons (Fsp3) is 0.556. The van der Waals surface area contributed by atoms with Crippen molar-refractivity contribution in [1.29, 1.82) is 0 Å². The minimum absolute atomic E-state index is 0.145. The van der Waals surface area contributed by atoms with E-state index < -0.39 is 5.97 Å². The lowest BCUT2D eigenvalue weighted by Crippen LogP contribution is -2.19. The van der Waals surface area contributed by atoms with E-state index in [0.717, 1.165) is 0 Å². The van der Waals surface area contributed by atoms with Gasteiger partial charge in [0.15, 0.2) is 0 Å². The van der Waals surface area contributed by atoms with Crippen LogP contribution in [0.25, 0.3) is 0 Å². The SMILES string of the molecule is CC(=O)N/C(C)=C\C(=O)OC(C)C. The third-order valence-corrected chi connectivity index (χ3v) is 1.06. The highest BCUT2D eigenvalue weighted by Gasteiger charge is 2.02. The van der Waals surface area contributed by atoms with Crippen molar-refractivity contribution in [1.82, 2.24) is 5.32 Å². The molecule has 0 aliphatic rings. The standard InChI is InChI=1S/C9H15NO3/c1-6(2)13-9(12)5-7(3)10-8(4)11/h5-6H,1-4H3,(H,10,11)/b7-5-. The van der Waals surface area contributed by atoms with Gasteiger partial charge < -0.3 is 10.1 Å². The first-order valence-electron chi connectivity index (χ1n) is 4.08. The van der Waals surface area contributed by atoms with Crippen LogP contribution in [0.15, 0.2) is 11.8 Å². The van der Waals surface area contributed by atoms with E-state index in [4.69, 9.17) is 4.74 Å². The first-order chi connectivity index (χ1) is 5.91. The second-order valence-corrected chi connectivity index (χ2v) is 2.99. The fourth-order valence-electron chi connectivity index (χ4n) is 0.757. The van der Waals surface area contributed by atoms with Crippen LogP contribution in [-0.4, -0.2) is 18.0 Å². The molecule has 0 rings (SSSR count). The molecule has 0 radical (unpaired) electrons. The second-order valence-electron chi connectivity index (χ2n) is 2.99. The van der Waals surface area contributed by atoms with Gasteiger partial charge in [0.1, 0.15) is 0 Å². The molecule has 0 aromatic rings. The predicted octanol–water partition coefficient (Wildman–Crippen LogP) is 0.978. The number of rotatable bonds is 3. The molecule has 4 heteroatoms. The first-order valence-corrected chi connectivity index (χ1v) is 4.08. The molecule has 0 heterocycles. The van der Waals surface area contributed by atoms with Crippen molar-refractivity contribution in [2.45, 2.75) is 33.8 Å². The first kappa shape index (κ1) is 11.7. The van der Waals surface area contributed by atoms with Crippen LogP contribution in [0.4, 0.5) is 0 Å². The minimum atomic E-state index is -0.443. The quantitative estimate of drug-likeness (QED) is 0.526. The highest BCUT2D eigenvalue weighted by molar-refractivity contribution is 5.84. The third kappa shape index (κ3) is 7.05. The highest BCUT2D eigenvalue weighted by atomic mass is 16.5. The molecule has 0 aromatic carbocycles. The van der Waals surface area contributed by atoms with Crippen LogP contribution in [0.5, 0.6) is 0 Å². The number of carbonyl (C=O) groups excluding carboxylic acids is 2. The lowest BCUT2D eigenvalue weighted by Gasteiger charge is -2.05. The van der Waals surface area contributed by atoms with E-state index in [0.29, 0.717) is 5.70 Å². The average molecular weight is 185 g/mol. The molecule has 0 saturated carbocycles. The summed E-state index contributed by atoms with van der Waals surface area (Å²) in [5.41, 5.74) is 0.484. The Hall–Kier alpha value is -1.32. The van der Waals surface area contributed by atoms with Crippen LogP contribution in [0.3, 0.4) is 0 Å². The van der Waals surface area contributed by atoms with E-state index >= 15 is 0 Å². The van der Waals surface area contributed by atoms with Crippen molar-refractivity contribution in [2.24, 2.45) is 0 Å². The van der Waals surface area contributed by atoms with Gasteiger partial charge in [-0.15, -0.1) is 0 Å². The van der Waals surface area contributed by atoms with Crippen molar-refractivity contribution in [3.05, 3.63) is 11.8 Å². The molecule has 0 aromatic heterocycles. The van der Waals surface area contributed by atoms with Gasteiger partial charge in [0, 0.05) is 18.7 Å². The van der Waals surface area contributed by atoms with Gasteiger partial charge in [0.2, 0.25) is 5.91 Å². The Kier molecular flexibility index (Phi) is 4.80. The number of allylic oxidation sites excluding steroid dienone is 1. The maximum atomic E-state index is 11.0. The maximum Gasteiger partial charge on any atom is 0.332 e. The summed E-state index contributed by atoms with van der Waals surface area (Å²) < 4.78 is 4.84. The Morgan fingerprint density at radius 1 is 1.31 bits per heavy atom. The summed E-state index contributed by atoms with van der Waals surface area (Å²) in [6.07, 6.45) is 1.11. The van der Waals surface area contributed by atoms with Crippen molar-refractivity contribution < 1.29 is 14.3 Å². The van der Waals surface area contributed by atoms with Crippen LogP contribution < -0.4 is 5.32 Å². The zero-order valence-electron chi connectivity index (χ0n) is 8.38. The summed E-state index contributed by atoms with van der Waals surface area (Å²) in [5, 5.41) is 2.47. The van der Waals surface area contributed by atoms with Crippen molar-refractivity contribution in [3.63, 3.8) is 0 Å². The van der Waals surface area contributed by atoms with E-state index in [1.165, 1.54) is 13.0 Å². The summed E-state index contributed by atoms with van der Waals surface area (Å²) in [6, 6.07) is 0. The van der Waals surface area contributed by atoms with Gasteiger partial charge in [-0.05, 0) is 20.8 Å². The van der Waals surface area contributed by atoms with Gasteiger partial charge in [-0.1, -0.05) is 0 Å². The number of carbonyl (C=O) groups is 2. The van der Waals surface area contributed by atoms with Crippen LogP contribution in [0, 0.1) is 0 Å². The number of nitrogens with one attached hydrogen (secondary N) is 1. The highest BCUT2D eigenvalue weighted by Crippen LogP contribution is 1.93. The van der Waals surface area contributed by atoms with Crippen LogP contribution in [0.2, 0.25) is 0 Å². The second kappa shape index (κ2) is 5.35. The Balaban J connectivity index is 4.06. The molecular weight excluding hydrogens is 170 g/mol. The maximum absolute atomic E-state index is 11.0. The number of hydrogen-bond donors (Lipinski definition) is 1. The average Bonchev–Trinajstić information content (AvgIpc) is 1.80. The zero-order chi connectivity index (χ0) is 10.4. The molecule has 0 bridgehead atoms. The molecule has 0 saturated heterocycles. The lowest BCUT2D eigenvalue weighted by atomic mass is 10.4. The molecule has 0 spiro atoms. The molecule has 0 aliphatic heterocycles. The zero-order valence-corrected chi connectivity index (χ0v) is 8.38. The summed E-state index contributed by atoms with van der Waals surface area (Å²) in [5.74, 6) is -0.646. The normalized spacial score (nSPS) is 11.3. The van der Waals surface area contributed by atoms with Crippen LogP contribution in [0.1, 0.15) is 27.7 Å². The third-order valence-electron chi connectivity index (χ3n) is 1.06. The smallest absolute Gasteiger partial charge is 0.332 e. The number of hydrogen-bond acceptors (Lipinski definition) is 3. The molecule has 0 atom stereocenters. The largest absolute Gasteiger partial charge is 0.460 e. The Morgan fingerprint density at radius 2 is 1.85 bits per heavy atom. The minimum Gasteiger partial charge on any atom is -0.460 e. The fourth-order valence-corrected chi connectivity index (χ4v) is 0.757. The predicted molar refractivity (Wildman–Crippen MR) is 48.8 cm³/mol. The molecule has 4 nitrogen and oxygen atoms in total. The van der Waals surface area contributed by atoms with Crippen molar-refractivity contribution in [3.8, 4) is 0 Å². The van der Waals surface area contributed by atoms with Crippen LogP contribution in [-0.2, 0) is 14.3 Å². The summed E-state index contributed by atoms with van der Waals surface area (Å²) in [7, 11) is 0. The van der Waals surface area contributed by atoms with Gasteiger partial charge in [-0.2, -0.15) is 0 Å². The van der Waals surface area contributed by atoms with Crippen molar-refractivity contribution >= 4 is 11.9 Å². The molecular formula is C9H15NO3. The topological polar surface area (TPSA) is 55.4 Å². The Bertz CT molecular complexity index is 231. The summed E-state index contributed by atoms with van der Waals surface area (Å²) in [4.78, 5) is 21.5. The van der Waals surface area contributed by atoms with E-state index in [1.807, 2.05) is 0 Å². The van der Waals surface area contributed by atoms with Gasteiger partial charge in [-0.25, -0.2) is 4.79 Å². The van der Waals surface area contributed by atoms with Gasteiger partial charge in [0.05, 0.1) is 6.10 Å². The number of esters is 1. The van der Waals surface area contributed by atoms with E-state index in [2.05, 4.69) is 5.32 Å². The molecule has 13 heavy (non-hydrogen) atoms. The molecule has 0 fully saturated rings. The lowest BCUT2D eigenvalue weighted by molar-refractivity contribution is -0.141. The summed E-state index contributed by atoms with van der Waals surface area (Å²) >= 11 is 0. The Labute approximate surface area is 78.0 Å². The molecule has 74 valence electrons. The molecule has 1 N–H and O–H groups in total. The summed E-state index contributed by atoms with van der Waals surface area (Å²) in [6.45, 7) is 6.53. The van der Waals surface area contributed by atoms with Gasteiger partial charge >= 0.3 is 5.97 Å². The molecule has 1 amide bonds. The van der Waals surface area contributed by atoms with E-state index in [1.54, 1.807) is 20.8 Å². The Morgan fingerprint density at radius 3 is 2.23 bits per heavy atom. The number of amides is 1. The van der Waals surface area contributed by atoms with E-state index in [-0.39, 0.29) is 12.0 Å². The monoisotopic (exact) mass is 185 g/mol.